The van der Waals surface area contributed by atoms with Crippen LogP contribution in [0.2, 0.25) is 0 Å². The lowest BCUT2D eigenvalue weighted by Crippen LogP contribution is -2.51. The maximum absolute atomic E-state index is 12.6. The van der Waals surface area contributed by atoms with Gasteiger partial charge < -0.3 is 10.2 Å². The summed E-state index contributed by atoms with van der Waals surface area (Å²) in [5.74, 6) is 0.252. The Morgan fingerprint density at radius 1 is 1.58 bits per heavy atom. The third-order valence-corrected chi connectivity index (χ3v) is 4.49. The van der Waals surface area contributed by atoms with Gasteiger partial charge in [-0.05, 0) is 32.2 Å². The highest BCUT2D eigenvalue weighted by atomic mass is 32.1. The molecule has 0 bridgehead atoms. The minimum absolute atomic E-state index is 0.00251. The highest BCUT2D eigenvalue weighted by molar-refractivity contribution is 7.09. The Morgan fingerprint density at radius 2 is 2.42 bits per heavy atom. The number of carbonyl (C=O) groups is 1. The molecule has 0 radical (unpaired) electrons. The Kier molecular flexibility index (Phi) is 5.34. The van der Waals surface area contributed by atoms with Crippen molar-refractivity contribution in [2.75, 3.05) is 13.1 Å². The molecule has 2 unspecified atom stereocenters. The summed E-state index contributed by atoms with van der Waals surface area (Å²) in [7, 11) is 0. The summed E-state index contributed by atoms with van der Waals surface area (Å²) in [6.07, 6.45) is 5.86. The number of hydrogen-bond acceptors (Lipinski definition) is 4. The molecular weight excluding hydrogens is 258 g/mol. The van der Waals surface area contributed by atoms with E-state index >= 15 is 0 Å². The zero-order valence-electron chi connectivity index (χ0n) is 11.8. The fourth-order valence-corrected chi connectivity index (χ4v) is 3.48. The van der Waals surface area contributed by atoms with Crippen LogP contribution in [0.3, 0.4) is 0 Å². The second-order valence-corrected chi connectivity index (χ2v) is 5.90. The van der Waals surface area contributed by atoms with Crippen LogP contribution in [0.1, 0.15) is 50.6 Å². The van der Waals surface area contributed by atoms with E-state index in [2.05, 4.69) is 24.1 Å². The molecule has 19 heavy (non-hydrogen) atoms. The Labute approximate surface area is 119 Å². The molecule has 1 fully saturated rings. The van der Waals surface area contributed by atoms with E-state index in [1.165, 1.54) is 0 Å². The lowest BCUT2D eigenvalue weighted by atomic mass is 10.0. The number of amides is 1. The van der Waals surface area contributed by atoms with Crippen LogP contribution in [-0.4, -0.2) is 34.9 Å². The van der Waals surface area contributed by atoms with Crippen molar-refractivity contribution in [2.24, 2.45) is 0 Å². The number of nitrogens with zero attached hydrogens (tertiary/aromatic N) is 2. The van der Waals surface area contributed by atoms with Crippen LogP contribution < -0.4 is 5.32 Å². The van der Waals surface area contributed by atoms with Gasteiger partial charge in [-0.15, -0.1) is 11.3 Å². The van der Waals surface area contributed by atoms with E-state index in [-0.39, 0.29) is 18.0 Å². The topological polar surface area (TPSA) is 45.2 Å². The van der Waals surface area contributed by atoms with Crippen molar-refractivity contribution < 1.29 is 4.79 Å². The second kappa shape index (κ2) is 7.01. The molecule has 1 N–H and O–H groups in total. The van der Waals surface area contributed by atoms with Gasteiger partial charge in [-0.3, -0.25) is 4.79 Å². The van der Waals surface area contributed by atoms with Crippen molar-refractivity contribution in [1.29, 1.82) is 0 Å². The number of rotatable bonds is 6. The average molecular weight is 281 g/mol. The smallest absolute Gasteiger partial charge is 0.240 e. The summed E-state index contributed by atoms with van der Waals surface area (Å²) in [4.78, 5) is 19.0. The van der Waals surface area contributed by atoms with Crippen molar-refractivity contribution in [3.63, 3.8) is 0 Å². The molecular formula is C14H23N3OS. The van der Waals surface area contributed by atoms with Gasteiger partial charge in [-0.1, -0.05) is 13.8 Å². The number of carbonyl (C=O) groups excluding carboxylic acids is 1. The number of nitrogens with one attached hydrogen (secondary N) is 1. The molecule has 5 heteroatoms. The van der Waals surface area contributed by atoms with Crippen molar-refractivity contribution in [3.05, 3.63) is 16.6 Å². The predicted octanol–water partition coefficient (Wildman–Crippen LogP) is 2.58. The first-order valence-electron chi connectivity index (χ1n) is 7.21. The van der Waals surface area contributed by atoms with Crippen molar-refractivity contribution in [3.8, 4) is 0 Å². The van der Waals surface area contributed by atoms with E-state index < -0.39 is 0 Å². The molecule has 2 heterocycles. The van der Waals surface area contributed by atoms with E-state index in [1.807, 2.05) is 16.5 Å². The average Bonchev–Trinajstić information content (AvgIpc) is 2.94. The summed E-state index contributed by atoms with van der Waals surface area (Å²) in [6.45, 7) is 6.03. The van der Waals surface area contributed by atoms with Gasteiger partial charge in [0.1, 0.15) is 5.01 Å². The van der Waals surface area contributed by atoms with Gasteiger partial charge in [0.05, 0.1) is 12.1 Å². The predicted molar refractivity (Wildman–Crippen MR) is 78.2 cm³/mol. The van der Waals surface area contributed by atoms with Crippen molar-refractivity contribution >= 4 is 17.2 Å². The Hall–Kier alpha value is -0.940. The zero-order valence-corrected chi connectivity index (χ0v) is 12.6. The van der Waals surface area contributed by atoms with Gasteiger partial charge in [0.15, 0.2) is 0 Å². The molecule has 1 aromatic heterocycles. The quantitative estimate of drug-likeness (QED) is 0.871. The monoisotopic (exact) mass is 281 g/mol. The maximum atomic E-state index is 12.6. The molecule has 0 spiro atoms. The molecule has 0 saturated carbocycles. The molecule has 1 saturated heterocycles. The first-order chi connectivity index (χ1) is 9.27. The Morgan fingerprint density at radius 3 is 3.05 bits per heavy atom. The molecule has 106 valence electrons. The van der Waals surface area contributed by atoms with Gasteiger partial charge in [-0.25, -0.2) is 4.98 Å². The third kappa shape index (κ3) is 3.34. The molecule has 2 rings (SSSR count). The molecule has 0 aliphatic carbocycles. The van der Waals surface area contributed by atoms with Gasteiger partial charge in [0.25, 0.3) is 0 Å². The van der Waals surface area contributed by atoms with Crippen LogP contribution in [0.4, 0.5) is 0 Å². The molecule has 1 aliphatic rings. The first-order valence-corrected chi connectivity index (χ1v) is 8.09. The summed E-state index contributed by atoms with van der Waals surface area (Å²) in [5.41, 5.74) is 0. The zero-order chi connectivity index (χ0) is 13.7. The van der Waals surface area contributed by atoms with Crippen LogP contribution in [0.15, 0.2) is 11.6 Å². The number of hydrogen-bond donors (Lipinski definition) is 1. The molecule has 1 aliphatic heterocycles. The van der Waals surface area contributed by atoms with E-state index in [0.717, 1.165) is 43.8 Å². The fraction of sp³-hybridized carbons (Fsp3) is 0.714. The summed E-state index contributed by atoms with van der Waals surface area (Å²) in [5, 5.41) is 6.41. The molecule has 0 aromatic carbocycles. The van der Waals surface area contributed by atoms with Crippen LogP contribution >= 0.6 is 11.3 Å². The SMILES string of the molecule is CCCNC1CCCN(C(CC)c2nccs2)C1=O. The second-order valence-electron chi connectivity index (χ2n) is 4.97. The van der Waals surface area contributed by atoms with Crippen LogP contribution in [0.5, 0.6) is 0 Å². The molecule has 4 nitrogen and oxygen atoms in total. The van der Waals surface area contributed by atoms with E-state index in [4.69, 9.17) is 0 Å². The number of thiazole rings is 1. The minimum Gasteiger partial charge on any atom is -0.332 e. The van der Waals surface area contributed by atoms with E-state index in [9.17, 15) is 4.79 Å². The van der Waals surface area contributed by atoms with Gasteiger partial charge in [-0.2, -0.15) is 0 Å². The molecule has 2 atom stereocenters. The van der Waals surface area contributed by atoms with Crippen molar-refractivity contribution in [2.45, 2.75) is 51.6 Å². The van der Waals surface area contributed by atoms with E-state index in [1.54, 1.807) is 11.3 Å². The largest absolute Gasteiger partial charge is 0.332 e. The normalized spacial score (nSPS) is 21.7. The van der Waals surface area contributed by atoms with Crippen LogP contribution in [0, 0.1) is 0 Å². The van der Waals surface area contributed by atoms with Gasteiger partial charge in [0.2, 0.25) is 5.91 Å². The number of likely N-dealkylation sites (tertiary alicyclic amines) is 1. The number of piperidine rings is 1. The van der Waals surface area contributed by atoms with Crippen molar-refractivity contribution in [1.82, 2.24) is 15.2 Å². The standard InChI is InChI=1S/C14H23N3OS/c1-3-7-15-11-6-5-9-17(14(11)18)12(4-2)13-16-8-10-19-13/h8,10-12,15H,3-7,9H2,1-2H3. The lowest BCUT2D eigenvalue weighted by molar-refractivity contribution is -0.138. The third-order valence-electron chi connectivity index (χ3n) is 3.61. The van der Waals surface area contributed by atoms with Crippen LogP contribution in [0.25, 0.3) is 0 Å². The fourth-order valence-electron chi connectivity index (χ4n) is 2.64. The minimum atomic E-state index is 0.00251. The van der Waals surface area contributed by atoms with Crippen LogP contribution in [-0.2, 0) is 4.79 Å². The maximum Gasteiger partial charge on any atom is 0.240 e. The molecule has 1 aromatic rings. The summed E-state index contributed by atoms with van der Waals surface area (Å²) in [6, 6.07) is 0.154. The Balaban J connectivity index is 2.07. The van der Waals surface area contributed by atoms with Gasteiger partial charge >= 0.3 is 0 Å². The first kappa shape index (κ1) is 14.5. The highest BCUT2D eigenvalue weighted by Gasteiger charge is 2.33. The van der Waals surface area contributed by atoms with E-state index in [0.29, 0.717) is 0 Å². The highest BCUT2D eigenvalue weighted by Crippen LogP contribution is 2.29. The molecule has 1 amide bonds. The lowest BCUT2D eigenvalue weighted by Gasteiger charge is -2.37. The Bertz CT molecular complexity index is 393. The number of aromatic nitrogens is 1. The summed E-state index contributed by atoms with van der Waals surface area (Å²) >= 11 is 1.64. The summed E-state index contributed by atoms with van der Waals surface area (Å²) < 4.78 is 0. The van der Waals surface area contributed by atoms with Gasteiger partial charge in [0, 0.05) is 18.1 Å².